The van der Waals surface area contributed by atoms with Crippen LogP contribution in [0, 0.1) is 0 Å². The number of pyridine rings is 1. The van der Waals surface area contributed by atoms with E-state index in [0.717, 1.165) is 44.2 Å². The second kappa shape index (κ2) is 11.5. The van der Waals surface area contributed by atoms with Gasteiger partial charge in [0.25, 0.3) is 5.91 Å². The van der Waals surface area contributed by atoms with Crippen molar-refractivity contribution in [1.82, 2.24) is 25.6 Å². The van der Waals surface area contributed by atoms with Crippen molar-refractivity contribution in [3.05, 3.63) is 53.6 Å². The third-order valence-electron chi connectivity index (χ3n) is 6.19. The largest absolute Gasteiger partial charge is 0.393 e. The van der Waals surface area contributed by atoms with Gasteiger partial charge in [0.1, 0.15) is 17.7 Å². The Morgan fingerprint density at radius 3 is 2.54 bits per heavy atom. The van der Waals surface area contributed by atoms with E-state index in [9.17, 15) is 9.59 Å². The molecule has 4 rings (SSSR count). The lowest BCUT2D eigenvalue weighted by molar-refractivity contribution is -0.118. The maximum atomic E-state index is 13.3. The van der Waals surface area contributed by atoms with Crippen LogP contribution in [0.15, 0.2) is 47.2 Å². The van der Waals surface area contributed by atoms with E-state index in [1.165, 1.54) is 19.0 Å². The predicted octanol–water partition coefficient (Wildman–Crippen LogP) is 2.58. The zero-order valence-electron chi connectivity index (χ0n) is 20.0. The summed E-state index contributed by atoms with van der Waals surface area (Å²) in [5, 5.41) is 9.17. The molecule has 10 nitrogen and oxygen atoms in total. The third-order valence-corrected chi connectivity index (χ3v) is 6.19. The summed E-state index contributed by atoms with van der Waals surface area (Å²) < 4.78 is 0. The van der Waals surface area contributed by atoms with Gasteiger partial charge in [0.2, 0.25) is 5.78 Å². The molecule has 2 heterocycles. The van der Waals surface area contributed by atoms with Crippen LogP contribution >= 0.6 is 0 Å². The minimum Gasteiger partial charge on any atom is -0.393 e. The van der Waals surface area contributed by atoms with Crippen molar-refractivity contribution in [1.29, 1.82) is 0 Å². The van der Waals surface area contributed by atoms with Crippen LogP contribution in [0.5, 0.6) is 0 Å². The molecule has 2 aliphatic carbocycles. The smallest absolute Gasteiger partial charge is 0.269 e. The third kappa shape index (κ3) is 6.62. The van der Waals surface area contributed by atoms with Crippen molar-refractivity contribution in [2.75, 3.05) is 18.9 Å². The lowest BCUT2D eigenvalue weighted by atomic mass is 9.95. The number of nitrogens with one attached hydrogen (secondary N) is 3. The molecule has 2 saturated carbocycles. The van der Waals surface area contributed by atoms with Gasteiger partial charge in [0.05, 0.1) is 36.0 Å². The molecule has 0 radical (unpaired) electrons. The van der Waals surface area contributed by atoms with Crippen LogP contribution in [0.3, 0.4) is 0 Å². The van der Waals surface area contributed by atoms with Gasteiger partial charge in [-0.25, -0.2) is 15.0 Å². The Hall–Kier alpha value is -3.82. The molecule has 5 N–H and O–H groups in total. The fourth-order valence-electron chi connectivity index (χ4n) is 4.14. The maximum Gasteiger partial charge on any atom is 0.269 e. The lowest BCUT2D eigenvalue weighted by Crippen LogP contribution is -2.40. The van der Waals surface area contributed by atoms with E-state index < -0.39 is 0 Å². The Balaban J connectivity index is 1.49. The van der Waals surface area contributed by atoms with E-state index in [2.05, 4.69) is 35.9 Å². The molecule has 0 atom stereocenters. The molecule has 0 aliphatic heterocycles. The number of carbonyl (C=O) groups excluding carboxylic acids is 2. The monoisotopic (exact) mass is 476 g/mol. The summed E-state index contributed by atoms with van der Waals surface area (Å²) in [5.74, 6) is -0.202. The first-order valence-electron chi connectivity index (χ1n) is 12.1. The molecule has 0 saturated heterocycles. The fraction of sp³-hybridized carbons (Fsp3) is 0.440. The molecule has 2 fully saturated rings. The molecule has 2 aromatic heterocycles. The molecule has 0 aromatic carbocycles. The Labute approximate surface area is 204 Å². The predicted molar refractivity (Wildman–Crippen MR) is 135 cm³/mol. The van der Waals surface area contributed by atoms with E-state index >= 15 is 0 Å². The van der Waals surface area contributed by atoms with Crippen LogP contribution in [0.25, 0.3) is 0 Å². The standard InChI is InChI=1S/C25H32N8O2/c1-27-13-21(23(26)25(35)32-17-5-3-2-4-6-17)30-14-22(34)24-20(31-18-11-28-15-29-12-18)10-9-19(33-24)16-7-8-16/h9-13,15-17,30-31H,2-8,14,26H2,1H3,(H,32,35). The topological polar surface area (TPSA) is 147 Å². The molecular formula is C25H32N8O2. The first kappa shape index (κ1) is 24.3. The first-order valence-corrected chi connectivity index (χ1v) is 12.1. The average molecular weight is 477 g/mol. The van der Waals surface area contributed by atoms with Gasteiger partial charge in [0, 0.05) is 30.9 Å². The van der Waals surface area contributed by atoms with Crippen LogP contribution in [-0.4, -0.2) is 52.5 Å². The number of rotatable bonds is 10. The number of amides is 1. The summed E-state index contributed by atoms with van der Waals surface area (Å²) in [6, 6.07) is 3.93. The molecule has 0 spiro atoms. The molecule has 2 aliphatic rings. The normalized spacial score (nSPS) is 17.1. The molecule has 1 amide bonds. The van der Waals surface area contributed by atoms with Gasteiger partial charge in [-0.2, -0.15) is 0 Å². The Morgan fingerprint density at radius 1 is 1.11 bits per heavy atom. The van der Waals surface area contributed by atoms with Gasteiger partial charge in [-0.3, -0.25) is 14.6 Å². The van der Waals surface area contributed by atoms with Gasteiger partial charge >= 0.3 is 0 Å². The van der Waals surface area contributed by atoms with Gasteiger partial charge in [0.15, 0.2) is 0 Å². The number of nitrogens with two attached hydrogens (primary N) is 1. The lowest BCUT2D eigenvalue weighted by Gasteiger charge is -2.23. The number of aliphatic imine (C=N–C) groups is 1. The van der Waals surface area contributed by atoms with Crippen molar-refractivity contribution in [2.24, 2.45) is 10.7 Å². The summed E-state index contributed by atoms with van der Waals surface area (Å²) in [4.78, 5) is 42.6. The highest BCUT2D eigenvalue weighted by Crippen LogP contribution is 2.39. The van der Waals surface area contributed by atoms with Gasteiger partial charge in [-0.15, -0.1) is 0 Å². The number of anilines is 2. The van der Waals surface area contributed by atoms with Crippen LogP contribution in [0.2, 0.25) is 0 Å². The van der Waals surface area contributed by atoms with Crippen LogP contribution in [-0.2, 0) is 4.79 Å². The highest BCUT2D eigenvalue weighted by atomic mass is 16.2. The Morgan fingerprint density at radius 2 is 1.86 bits per heavy atom. The van der Waals surface area contributed by atoms with Crippen LogP contribution < -0.4 is 21.7 Å². The van der Waals surface area contributed by atoms with Crippen LogP contribution in [0.4, 0.5) is 11.4 Å². The van der Waals surface area contributed by atoms with E-state index in [4.69, 9.17) is 5.73 Å². The van der Waals surface area contributed by atoms with Gasteiger partial charge in [-0.1, -0.05) is 19.3 Å². The number of Topliss-reactive ketones (excluding diaryl/α,β-unsaturated/α-hetero) is 1. The average Bonchev–Trinajstić information content (AvgIpc) is 3.73. The highest BCUT2D eigenvalue weighted by Gasteiger charge is 2.27. The number of ketones is 1. The van der Waals surface area contributed by atoms with Crippen molar-refractivity contribution < 1.29 is 9.59 Å². The SMILES string of the molecule is CN=CC(NCC(=O)c1nc(C2CC2)ccc1Nc1cncnc1)=C(N)C(=O)NC1CCCCC1. The summed E-state index contributed by atoms with van der Waals surface area (Å²) in [7, 11) is 1.58. The van der Waals surface area contributed by atoms with Crippen LogP contribution in [0.1, 0.15) is 67.0 Å². The molecule has 35 heavy (non-hydrogen) atoms. The number of hydrogen-bond acceptors (Lipinski definition) is 9. The second-order valence-electron chi connectivity index (χ2n) is 8.96. The zero-order valence-corrected chi connectivity index (χ0v) is 20.0. The molecule has 2 aromatic rings. The number of aromatic nitrogens is 3. The molecule has 184 valence electrons. The summed E-state index contributed by atoms with van der Waals surface area (Å²) in [6.45, 7) is -0.0974. The molecule has 0 bridgehead atoms. The zero-order chi connectivity index (χ0) is 24.6. The number of carbonyl (C=O) groups is 2. The number of nitrogens with zero attached hydrogens (tertiary/aromatic N) is 4. The highest BCUT2D eigenvalue weighted by molar-refractivity contribution is 6.03. The van der Waals surface area contributed by atoms with E-state index in [-0.39, 0.29) is 30.0 Å². The Bertz CT molecular complexity index is 1110. The molecule has 10 heteroatoms. The molecule has 0 unspecified atom stereocenters. The van der Waals surface area contributed by atoms with Gasteiger partial charge < -0.3 is 21.7 Å². The Kier molecular flexibility index (Phi) is 8.02. The fourth-order valence-corrected chi connectivity index (χ4v) is 4.14. The van der Waals surface area contributed by atoms with Crippen molar-refractivity contribution in [3.63, 3.8) is 0 Å². The van der Waals surface area contributed by atoms with Crippen molar-refractivity contribution >= 4 is 29.3 Å². The summed E-state index contributed by atoms with van der Waals surface area (Å²) >= 11 is 0. The van der Waals surface area contributed by atoms with E-state index in [1.807, 2.05) is 12.1 Å². The number of allylic oxidation sites excluding steroid dienone is 1. The molecular weight excluding hydrogens is 444 g/mol. The summed E-state index contributed by atoms with van der Waals surface area (Å²) in [5.41, 5.74) is 8.89. The number of hydrogen-bond donors (Lipinski definition) is 4. The quantitative estimate of drug-likeness (QED) is 0.232. The van der Waals surface area contributed by atoms with Gasteiger partial charge in [-0.05, 0) is 37.8 Å². The minimum absolute atomic E-state index is 0.00782. The summed E-state index contributed by atoms with van der Waals surface area (Å²) in [6.07, 6.45) is 13.6. The van der Waals surface area contributed by atoms with E-state index in [1.54, 1.807) is 19.4 Å². The first-order chi connectivity index (χ1) is 17.0. The van der Waals surface area contributed by atoms with Crippen molar-refractivity contribution in [2.45, 2.75) is 56.9 Å². The van der Waals surface area contributed by atoms with Crippen molar-refractivity contribution in [3.8, 4) is 0 Å². The maximum absolute atomic E-state index is 13.3. The van der Waals surface area contributed by atoms with E-state index in [0.29, 0.717) is 28.7 Å². The second-order valence-corrected chi connectivity index (χ2v) is 8.96. The minimum atomic E-state index is -0.355.